The fourth-order valence-corrected chi connectivity index (χ4v) is 2.95. The summed E-state index contributed by atoms with van der Waals surface area (Å²) >= 11 is 0. The molecule has 1 amide bonds. The van der Waals surface area contributed by atoms with E-state index in [1.807, 2.05) is 42.2 Å². The second-order valence-corrected chi connectivity index (χ2v) is 5.92. The number of rotatable bonds is 2. The van der Waals surface area contributed by atoms with Gasteiger partial charge in [0.05, 0.1) is 25.3 Å². The first-order valence-electron chi connectivity index (χ1n) is 8.06. The highest BCUT2D eigenvalue weighted by Gasteiger charge is 2.27. The Morgan fingerprint density at radius 3 is 2.71 bits per heavy atom. The number of aromatic nitrogens is 3. The molecule has 7 nitrogen and oxygen atoms in total. The number of carbonyl (C=O) groups is 1. The van der Waals surface area contributed by atoms with Crippen LogP contribution in [0.1, 0.15) is 6.92 Å². The van der Waals surface area contributed by atoms with E-state index in [1.54, 1.807) is 4.68 Å². The third-order valence-electron chi connectivity index (χ3n) is 4.32. The second-order valence-electron chi connectivity index (χ2n) is 5.92. The Morgan fingerprint density at radius 1 is 1.21 bits per heavy atom. The number of nitrogens with zero attached hydrogens (tertiary/aromatic N) is 4. The van der Waals surface area contributed by atoms with Crippen molar-refractivity contribution in [3.05, 3.63) is 41.6 Å². The summed E-state index contributed by atoms with van der Waals surface area (Å²) < 4.78 is 7.07. The number of anilines is 1. The smallest absolute Gasteiger partial charge is 0.253 e. The van der Waals surface area contributed by atoms with Crippen LogP contribution in [0.25, 0.3) is 11.4 Å². The molecule has 1 fully saturated rings. The first kappa shape index (κ1) is 14.9. The topological polar surface area (TPSA) is 72.3 Å². The molecule has 3 heterocycles. The second kappa shape index (κ2) is 6.09. The Hall–Kier alpha value is -2.67. The van der Waals surface area contributed by atoms with E-state index in [1.165, 1.54) is 0 Å². The fourth-order valence-electron chi connectivity index (χ4n) is 2.95. The van der Waals surface area contributed by atoms with Crippen LogP contribution < -0.4 is 5.32 Å². The Bertz CT molecular complexity index is 791. The zero-order valence-electron chi connectivity index (χ0n) is 13.5. The maximum atomic E-state index is 12.8. The van der Waals surface area contributed by atoms with E-state index in [4.69, 9.17) is 4.74 Å². The third-order valence-corrected chi connectivity index (χ3v) is 4.32. The average Bonchev–Trinajstić information content (AvgIpc) is 3.05. The standard InChI is InChI=1S/C17H19N5O2/c1-12-14(16(23)21-7-9-24-10-8-21)11-22-17(18-12)19-15(20-22)13-5-3-2-4-6-13/h2-6H,7-11H2,1H3,(H,18,19,20). The van der Waals surface area contributed by atoms with Crippen molar-refractivity contribution in [2.75, 3.05) is 31.6 Å². The average molecular weight is 325 g/mol. The van der Waals surface area contributed by atoms with Gasteiger partial charge in [-0.3, -0.25) is 4.79 Å². The predicted octanol–water partition coefficient (Wildman–Crippen LogP) is 1.50. The lowest BCUT2D eigenvalue weighted by Crippen LogP contribution is -2.43. The molecule has 0 aliphatic carbocycles. The molecule has 2 aliphatic rings. The van der Waals surface area contributed by atoms with Crippen LogP contribution in [0.5, 0.6) is 0 Å². The summed E-state index contributed by atoms with van der Waals surface area (Å²) in [5, 5.41) is 7.76. The number of carbonyl (C=O) groups excluding carboxylic acids is 1. The van der Waals surface area contributed by atoms with Gasteiger partial charge < -0.3 is 15.0 Å². The lowest BCUT2D eigenvalue weighted by Gasteiger charge is -2.29. The van der Waals surface area contributed by atoms with Gasteiger partial charge in [-0.15, -0.1) is 5.10 Å². The molecule has 0 radical (unpaired) electrons. The molecule has 0 unspecified atom stereocenters. The molecule has 2 aliphatic heterocycles. The van der Waals surface area contributed by atoms with Crippen LogP contribution in [0.3, 0.4) is 0 Å². The number of hydrogen-bond donors (Lipinski definition) is 1. The predicted molar refractivity (Wildman–Crippen MR) is 89.2 cm³/mol. The summed E-state index contributed by atoms with van der Waals surface area (Å²) in [7, 11) is 0. The van der Waals surface area contributed by atoms with Gasteiger partial charge in [0.1, 0.15) is 0 Å². The van der Waals surface area contributed by atoms with E-state index >= 15 is 0 Å². The van der Waals surface area contributed by atoms with Gasteiger partial charge in [0.15, 0.2) is 5.82 Å². The quantitative estimate of drug-likeness (QED) is 0.906. The normalized spacial score (nSPS) is 17.5. The van der Waals surface area contributed by atoms with Gasteiger partial charge in [0.2, 0.25) is 5.95 Å². The third kappa shape index (κ3) is 2.67. The highest BCUT2D eigenvalue weighted by atomic mass is 16.5. The number of ether oxygens (including phenoxy) is 1. The van der Waals surface area contributed by atoms with Crippen LogP contribution in [-0.2, 0) is 16.1 Å². The Morgan fingerprint density at radius 2 is 1.96 bits per heavy atom. The highest BCUT2D eigenvalue weighted by molar-refractivity contribution is 5.95. The van der Waals surface area contributed by atoms with Gasteiger partial charge in [0.25, 0.3) is 5.91 Å². The minimum absolute atomic E-state index is 0.0470. The summed E-state index contributed by atoms with van der Waals surface area (Å²) in [5.41, 5.74) is 2.53. The van der Waals surface area contributed by atoms with Gasteiger partial charge in [-0.2, -0.15) is 4.98 Å². The van der Waals surface area contributed by atoms with Crippen LogP contribution in [0.15, 0.2) is 41.6 Å². The van der Waals surface area contributed by atoms with E-state index in [0.29, 0.717) is 44.6 Å². The van der Waals surface area contributed by atoms with Crippen molar-refractivity contribution in [2.45, 2.75) is 13.5 Å². The largest absolute Gasteiger partial charge is 0.378 e. The summed E-state index contributed by atoms with van der Waals surface area (Å²) in [6.07, 6.45) is 0. The first-order chi connectivity index (χ1) is 11.7. The Labute approximate surface area is 139 Å². The zero-order valence-corrected chi connectivity index (χ0v) is 13.5. The number of nitrogens with one attached hydrogen (secondary N) is 1. The molecule has 124 valence electrons. The molecule has 0 spiro atoms. The van der Waals surface area contributed by atoms with Crippen molar-refractivity contribution >= 4 is 11.9 Å². The number of morpholine rings is 1. The number of fused-ring (bicyclic) bond motifs is 1. The van der Waals surface area contributed by atoms with Gasteiger partial charge in [-0.05, 0) is 6.92 Å². The number of allylic oxidation sites excluding steroid dienone is 1. The van der Waals surface area contributed by atoms with E-state index in [9.17, 15) is 4.79 Å². The molecule has 7 heteroatoms. The molecule has 1 aromatic heterocycles. The highest BCUT2D eigenvalue weighted by Crippen LogP contribution is 2.24. The van der Waals surface area contributed by atoms with E-state index < -0.39 is 0 Å². The van der Waals surface area contributed by atoms with Gasteiger partial charge in [-0.1, -0.05) is 30.3 Å². The van der Waals surface area contributed by atoms with Crippen LogP contribution in [0.4, 0.5) is 5.95 Å². The van der Waals surface area contributed by atoms with Crippen molar-refractivity contribution in [2.24, 2.45) is 0 Å². The zero-order chi connectivity index (χ0) is 16.5. The Balaban J connectivity index is 1.58. The van der Waals surface area contributed by atoms with Crippen LogP contribution in [-0.4, -0.2) is 51.9 Å². The van der Waals surface area contributed by atoms with Crippen molar-refractivity contribution < 1.29 is 9.53 Å². The number of benzene rings is 1. The van der Waals surface area contributed by atoms with E-state index in [2.05, 4.69) is 15.4 Å². The van der Waals surface area contributed by atoms with Crippen molar-refractivity contribution in [3.63, 3.8) is 0 Å². The summed E-state index contributed by atoms with van der Waals surface area (Å²) in [6.45, 7) is 4.80. The summed E-state index contributed by atoms with van der Waals surface area (Å²) in [4.78, 5) is 19.1. The number of amides is 1. The van der Waals surface area contributed by atoms with E-state index in [0.717, 1.165) is 16.8 Å². The van der Waals surface area contributed by atoms with E-state index in [-0.39, 0.29) is 5.91 Å². The first-order valence-corrected chi connectivity index (χ1v) is 8.06. The monoisotopic (exact) mass is 325 g/mol. The number of hydrogen-bond acceptors (Lipinski definition) is 5. The molecular formula is C17H19N5O2. The maximum Gasteiger partial charge on any atom is 0.253 e. The molecule has 2 aromatic rings. The SMILES string of the molecule is CC1=C(C(=O)N2CCOCC2)Cn2nc(-c3ccccc3)nc2N1. The molecule has 1 aromatic carbocycles. The summed E-state index contributed by atoms with van der Waals surface area (Å²) in [5.74, 6) is 1.38. The van der Waals surface area contributed by atoms with Crippen molar-refractivity contribution in [3.8, 4) is 11.4 Å². The van der Waals surface area contributed by atoms with Gasteiger partial charge >= 0.3 is 0 Å². The lowest BCUT2D eigenvalue weighted by atomic mass is 10.1. The van der Waals surface area contributed by atoms with Crippen LogP contribution >= 0.6 is 0 Å². The maximum absolute atomic E-state index is 12.8. The molecule has 1 saturated heterocycles. The van der Waals surface area contributed by atoms with Crippen LogP contribution in [0, 0.1) is 0 Å². The van der Waals surface area contributed by atoms with Gasteiger partial charge in [0, 0.05) is 24.4 Å². The van der Waals surface area contributed by atoms with Crippen LogP contribution in [0.2, 0.25) is 0 Å². The molecule has 4 rings (SSSR count). The Kier molecular flexibility index (Phi) is 3.78. The fraction of sp³-hybridized carbons (Fsp3) is 0.353. The molecule has 0 atom stereocenters. The molecule has 0 bridgehead atoms. The molecule has 1 N–H and O–H groups in total. The van der Waals surface area contributed by atoms with Crippen molar-refractivity contribution in [1.82, 2.24) is 19.7 Å². The van der Waals surface area contributed by atoms with Crippen molar-refractivity contribution in [1.29, 1.82) is 0 Å². The lowest BCUT2D eigenvalue weighted by molar-refractivity contribution is -0.131. The minimum Gasteiger partial charge on any atom is -0.378 e. The summed E-state index contributed by atoms with van der Waals surface area (Å²) in [6, 6.07) is 9.82. The molecule has 0 saturated carbocycles. The molecule has 24 heavy (non-hydrogen) atoms. The molecular weight excluding hydrogens is 306 g/mol. The minimum atomic E-state index is 0.0470. The van der Waals surface area contributed by atoms with Gasteiger partial charge in [-0.25, -0.2) is 4.68 Å².